The average molecular weight is 279 g/mol. The zero-order valence-electron chi connectivity index (χ0n) is 12.7. The molecule has 0 aliphatic carbocycles. The largest absolute Gasteiger partial charge is 0.493 e. The van der Waals surface area contributed by atoms with E-state index in [4.69, 9.17) is 9.47 Å². The molecule has 0 saturated carbocycles. The molecule has 1 atom stereocenters. The molecule has 1 aromatic carbocycles. The molecule has 2 rings (SSSR count). The van der Waals surface area contributed by atoms with Crippen molar-refractivity contribution in [3.05, 3.63) is 23.3 Å². The maximum Gasteiger partial charge on any atom is 0.161 e. The molecule has 1 heterocycles. The van der Waals surface area contributed by atoms with E-state index in [2.05, 4.69) is 24.0 Å². The lowest BCUT2D eigenvalue weighted by Gasteiger charge is -2.31. The van der Waals surface area contributed by atoms with Crippen LogP contribution in [-0.4, -0.2) is 43.4 Å². The molecule has 0 spiro atoms. The van der Waals surface area contributed by atoms with Gasteiger partial charge in [-0.2, -0.15) is 0 Å². The molecule has 1 N–H and O–H groups in total. The number of hydrogen-bond acceptors (Lipinski definition) is 4. The molecule has 0 radical (unpaired) electrons. The van der Waals surface area contributed by atoms with Crippen LogP contribution in [0.25, 0.3) is 0 Å². The van der Waals surface area contributed by atoms with E-state index in [0.717, 1.165) is 50.4 Å². The number of aliphatic hydroxyl groups excluding tert-OH is 1. The van der Waals surface area contributed by atoms with Gasteiger partial charge in [-0.3, -0.25) is 4.90 Å². The van der Waals surface area contributed by atoms with E-state index in [1.807, 2.05) is 0 Å². The van der Waals surface area contributed by atoms with E-state index in [0.29, 0.717) is 0 Å². The summed E-state index contributed by atoms with van der Waals surface area (Å²) in [6.07, 6.45) is 2.67. The fourth-order valence-corrected chi connectivity index (χ4v) is 2.82. The molecule has 0 bridgehead atoms. The summed E-state index contributed by atoms with van der Waals surface area (Å²) in [4.78, 5) is 2.31. The first-order chi connectivity index (χ1) is 9.67. The summed E-state index contributed by atoms with van der Waals surface area (Å²) in [5.41, 5.74) is 2.60. The molecule has 0 aromatic heterocycles. The summed E-state index contributed by atoms with van der Waals surface area (Å²) in [5, 5.41) is 9.95. The maximum atomic E-state index is 9.95. The highest BCUT2D eigenvalue weighted by Crippen LogP contribution is 2.33. The lowest BCUT2D eigenvalue weighted by atomic mass is 9.98. The predicted molar refractivity (Wildman–Crippen MR) is 79.4 cm³/mol. The van der Waals surface area contributed by atoms with E-state index >= 15 is 0 Å². The van der Waals surface area contributed by atoms with Gasteiger partial charge in [-0.15, -0.1) is 0 Å². The van der Waals surface area contributed by atoms with Crippen LogP contribution in [0.3, 0.4) is 0 Å². The van der Waals surface area contributed by atoms with Crippen molar-refractivity contribution in [3.8, 4) is 11.5 Å². The summed E-state index contributed by atoms with van der Waals surface area (Å²) < 4.78 is 10.7. The standard InChI is InChI=1S/C16H25NO3/c1-4-5-14(18)11-17-7-6-12-8-15(19-2)16(20-3)9-13(12)10-17/h8-9,14,18H,4-7,10-11H2,1-3H3. The lowest BCUT2D eigenvalue weighted by Crippen LogP contribution is -2.36. The van der Waals surface area contributed by atoms with Crippen LogP contribution in [0.4, 0.5) is 0 Å². The Kier molecular flexibility index (Phi) is 5.26. The second kappa shape index (κ2) is 6.95. The molecule has 1 aliphatic heterocycles. The molecule has 1 unspecified atom stereocenters. The number of rotatable bonds is 6. The van der Waals surface area contributed by atoms with Crippen LogP contribution >= 0.6 is 0 Å². The normalized spacial score (nSPS) is 16.6. The topological polar surface area (TPSA) is 41.9 Å². The monoisotopic (exact) mass is 279 g/mol. The molecule has 1 aliphatic rings. The van der Waals surface area contributed by atoms with E-state index in [-0.39, 0.29) is 6.10 Å². The van der Waals surface area contributed by atoms with Crippen molar-refractivity contribution in [1.82, 2.24) is 4.90 Å². The van der Waals surface area contributed by atoms with Crippen molar-refractivity contribution in [2.24, 2.45) is 0 Å². The SMILES string of the molecule is CCCC(O)CN1CCc2cc(OC)c(OC)cc2C1. The van der Waals surface area contributed by atoms with Gasteiger partial charge in [0, 0.05) is 19.6 Å². The first kappa shape index (κ1) is 15.1. The van der Waals surface area contributed by atoms with Gasteiger partial charge in [0.05, 0.1) is 20.3 Å². The maximum absolute atomic E-state index is 9.95. The van der Waals surface area contributed by atoms with Gasteiger partial charge in [0.25, 0.3) is 0 Å². The number of hydrogen-bond donors (Lipinski definition) is 1. The lowest BCUT2D eigenvalue weighted by molar-refractivity contribution is 0.0979. The Morgan fingerprint density at radius 3 is 2.45 bits per heavy atom. The summed E-state index contributed by atoms with van der Waals surface area (Å²) in [6.45, 7) is 4.72. The highest BCUT2D eigenvalue weighted by atomic mass is 16.5. The fourth-order valence-electron chi connectivity index (χ4n) is 2.82. The van der Waals surface area contributed by atoms with Crippen LogP contribution in [0.1, 0.15) is 30.9 Å². The van der Waals surface area contributed by atoms with E-state index < -0.39 is 0 Å². The molecule has 112 valence electrons. The van der Waals surface area contributed by atoms with E-state index in [1.54, 1.807) is 14.2 Å². The Labute approximate surface area is 121 Å². The van der Waals surface area contributed by atoms with Crippen LogP contribution in [0.5, 0.6) is 11.5 Å². The third-order valence-corrected chi connectivity index (χ3v) is 3.89. The minimum atomic E-state index is -0.221. The number of methoxy groups -OCH3 is 2. The second-order valence-corrected chi connectivity index (χ2v) is 5.40. The molecular formula is C16H25NO3. The van der Waals surface area contributed by atoms with Gasteiger partial charge >= 0.3 is 0 Å². The van der Waals surface area contributed by atoms with Gasteiger partial charge in [-0.25, -0.2) is 0 Å². The predicted octanol–water partition coefficient (Wildman–Crippen LogP) is 2.22. The number of nitrogens with zero attached hydrogens (tertiary/aromatic N) is 1. The number of benzene rings is 1. The van der Waals surface area contributed by atoms with Crippen molar-refractivity contribution in [2.45, 2.75) is 38.8 Å². The van der Waals surface area contributed by atoms with Crippen molar-refractivity contribution in [1.29, 1.82) is 0 Å². The molecule has 1 aromatic rings. The minimum absolute atomic E-state index is 0.221. The Morgan fingerprint density at radius 1 is 1.20 bits per heavy atom. The molecule has 4 nitrogen and oxygen atoms in total. The van der Waals surface area contributed by atoms with Crippen LogP contribution in [0, 0.1) is 0 Å². The molecule has 0 amide bonds. The highest BCUT2D eigenvalue weighted by Gasteiger charge is 2.20. The summed E-state index contributed by atoms with van der Waals surface area (Å²) in [7, 11) is 3.33. The molecule has 20 heavy (non-hydrogen) atoms. The van der Waals surface area contributed by atoms with Gasteiger partial charge in [0.1, 0.15) is 0 Å². The highest BCUT2D eigenvalue weighted by molar-refractivity contribution is 5.48. The van der Waals surface area contributed by atoms with Crippen LogP contribution < -0.4 is 9.47 Å². The van der Waals surface area contributed by atoms with Gasteiger partial charge in [0.2, 0.25) is 0 Å². The summed E-state index contributed by atoms with van der Waals surface area (Å²) in [5.74, 6) is 1.58. The van der Waals surface area contributed by atoms with E-state index in [1.165, 1.54) is 11.1 Å². The number of ether oxygens (including phenoxy) is 2. The first-order valence-corrected chi connectivity index (χ1v) is 7.32. The quantitative estimate of drug-likeness (QED) is 0.867. The molecule has 0 fully saturated rings. The van der Waals surface area contributed by atoms with Crippen LogP contribution in [0.15, 0.2) is 12.1 Å². The minimum Gasteiger partial charge on any atom is -0.493 e. The van der Waals surface area contributed by atoms with Crippen molar-refractivity contribution in [2.75, 3.05) is 27.3 Å². The third kappa shape index (κ3) is 3.44. The Morgan fingerprint density at radius 2 is 1.85 bits per heavy atom. The Bertz CT molecular complexity index is 448. The molecular weight excluding hydrogens is 254 g/mol. The van der Waals surface area contributed by atoms with Crippen LogP contribution in [0.2, 0.25) is 0 Å². The van der Waals surface area contributed by atoms with Crippen molar-refractivity contribution >= 4 is 0 Å². The Hall–Kier alpha value is -1.26. The van der Waals surface area contributed by atoms with E-state index in [9.17, 15) is 5.11 Å². The third-order valence-electron chi connectivity index (χ3n) is 3.89. The molecule has 4 heteroatoms. The average Bonchev–Trinajstić information content (AvgIpc) is 2.45. The smallest absolute Gasteiger partial charge is 0.161 e. The fraction of sp³-hybridized carbons (Fsp3) is 0.625. The zero-order valence-corrected chi connectivity index (χ0v) is 12.7. The van der Waals surface area contributed by atoms with Crippen molar-refractivity contribution in [3.63, 3.8) is 0 Å². The van der Waals surface area contributed by atoms with Gasteiger partial charge in [-0.05, 0) is 36.1 Å². The van der Waals surface area contributed by atoms with Crippen LogP contribution in [-0.2, 0) is 13.0 Å². The number of fused-ring (bicyclic) bond motifs is 1. The zero-order chi connectivity index (χ0) is 14.5. The number of aliphatic hydroxyl groups is 1. The van der Waals surface area contributed by atoms with Gasteiger partial charge < -0.3 is 14.6 Å². The van der Waals surface area contributed by atoms with Gasteiger partial charge in [-0.1, -0.05) is 13.3 Å². The van der Waals surface area contributed by atoms with Crippen molar-refractivity contribution < 1.29 is 14.6 Å². The molecule has 0 saturated heterocycles. The Balaban J connectivity index is 2.09. The number of β-amino-alcohol motifs (C(OH)–C–C–N with tert-alkyl or cyclic N) is 1. The first-order valence-electron chi connectivity index (χ1n) is 7.32. The summed E-state index contributed by atoms with van der Waals surface area (Å²) >= 11 is 0. The second-order valence-electron chi connectivity index (χ2n) is 5.40. The summed E-state index contributed by atoms with van der Waals surface area (Å²) in [6, 6.07) is 4.14. The van der Waals surface area contributed by atoms with Gasteiger partial charge in [0.15, 0.2) is 11.5 Å².